The molecule has 1 unspecified atom stereocenters. The van der Waals surface area contributed by atoms with Crippen LogP contribution in [0.5, 0.6) is 0 Å². The van der Waals surface area contributed by atoms with Crippen molar-refractivity contribution in [1.29, 1.82) is 0 Å². The number of rotatable bonds is 2. The topological polar surface area (TPSA) is 49.6 Å². The van der Waals surface area contributed by atoms with Crippen molar-refractivity contribution in [3.05, 3.63) is 23.2 Å². The first-order chi connectivity index (χ1) is 6.70. The summed E-state index contributed by atoms with van der Waals surface area (Å²) < 4.78 is 5.41. The van der Waals surface area contributed by atoms with E-state index in [0.29, 0.717) is 0 Å². The molecular weight excluding hydrogens is 198 g/mol. The maximum atomic E-state index is 5.41. The lowest BCUT2D eigenvalue weighted by Crippen LogP contribution is -2.35. The SMILES string of the molecule is Cc1cc(C2=NNC(C=S)N2)c(C)o1. The molecule has 2 N–H and O–H groups in total. The Balaban J connectivity index is 2.25. The maximum absolute atomic E-state index is 5.41. The number of nitrogens with zero attached hydrogens (tertiary/aromatic N) is 1. The Hall–Kier alpha value is -1.36. The second kappa shape index (κ2) is 3.42. The molecular formula is C9H11N3OS. The molecule has 0 aliphatic carbocycles. The van der Waals surface area contributed by atoms with Gasteiger partial charge in [0, 0.05) is 5.37 Å². The van der Waals surface area contributed by atoms with Crippen molar-refractivity contribution in [2.45, 2.75) is 20.0 Å². The van der Waals surface area contributed by atoms with Crippen molar-refractivity contribution in [3.63, 3.8) is 0 Å². The van der Waals surface area contributed by atoms with E-state index >= 15 is 0 Å². The highest BCUT2D eigenvalue weighted by Gasteiger charge is 2.19. The van der Waals surface area contributed by atoms with E-state index in [1.54, 1.807) is 5.37 Å². The van der Waals surface area contributed by atoms with Crippen molar-refractivity contribution in [3.8, 4) is 0 Å². The summed E-state index contributed by atoms with van der Waals surface area (Å²) in [5.74, 6) is 2.53. The summed E-state index contributed by atoms with van der Waals surface area (Å²) in [6.45, 7) is 3.83. The summed E-state index contributed by atoms with van der Waals surface area (Å²) in [6.07, 6.45) is -0.0605. The summed E-state index contributed by atoms with van der Waals surface area (Å²) in [4.78, 5) is 0. The molecule has 1 aromatic rings. The second-order valence-corrected chi connectivity index (χ2v) is 3.45. The molecule has 0 fully saturated rings. The number of hydrogen-bond acceptors (Lipinski definition) is 5. The highest BCUT2D eigenvalue weighted by Crippen LogP contribution is 2.14. The Morgan fingerprint density at radius 1 is 1.57 bits per heavy atom. The normalized spacial score (nSPS) is 19.9. The molecule has 2 heterocycles. The first kappa shape index (κ1) is 9.21. The molecule has 0 aromatic carbocycles. The standard InChI is InChI=1S/C9H11N3OS/c1-5-3-7(6(2)13-5)9-10-8(4-14)11-12-9/h3-4,8,11H,1-2H3,(H,10,12). The zero-order chi connectivity index (χ0) is 10.1. The maximum Gasteiger partial charge on any atom is 0.158 e. The predicted octanol–water partition coefficient (Wildman–Crippen LogP) is 1.08. The molecule has 0 saturated heterocycles. The van der Waals surface area contributed by atoms with Crippen LogP contribution in [0.25, 0.3) is 0 Å². The minimum Gasteiger partial charge on any atom is -0.466 e. The molecule has 1 aromatic heterocycles. The third-order valence-electron chi connectivity index (χ3n) is 2.04. The molecule has 4 nitrogen and oxygen atoms in total. The summed E-state index contributed by atoms with van der Waals surface area (Å²) in [6, 6.07) is 1.95. The number of thiocarbonyl (C=S) groups is 1. The Labute approximate surface area is 87.4 Å². The van der Waals surface area contributed by atoms with Crippen LogP contribution in [0.3, 0.4) is 0 Å². The average Bonchev–Trinajstić information content (AvgIpc) is 2.71. The predicted molar refractivity (Wildman–Crippen MR) is 58.4 cm³/mol. The molecule has 2 rings (SSSR count). The molecule has 0 bridgehead atoms. The van der Waals surface area contributed by atoms with Crippen molar-refractivity contribution in [2.75, 3.05) is 0 Å². The van der Waals surface area contributed by atoms with Crippen molar-refractivity contribution >= 4 is 23.4 Å². The van der Waals surface area contributed by atoms with E-state index in [2.05, 4.69) is 15.8 Å². The number of nitrogens with one attached hydrogen (secondary N) is 2. The fraction of sp³-hybridized carbons (Fsp3) is 0.333. The third-order valence-corrected chi connectivity index (χ3v) is 2.31. The van der Waals surface area contributed by atoms with E-state index in [0.717, 1.165) is 22.9 Å². The van der Waals surface area contributed by atoms with Crippen molar-refractivity contribution in [1.82, 2.24) is 10.7 Å². The van der Waals surface area contributed by atoms with Gasteiger partial charge in [-0.25, -0.2) is 0 Å². The van der Waals surface area contributed by atoms with E-state index in [-0.39, 0.29) is 6.17 Å². The lowest BCUT2D eigenvalue weighted by molar-refractivity contribution is 0.504. The Morgan fingerprint density at radius 3 is 2.86 bits per heavy atom. The van der Waals surface area contributed by atoms with Crippen LogP contribution >= 0.6 is 12.2 Å². The van der Waals surface area contributed by atoms with E-state index in [9.17, 15) is 0 Å². The molecule has 1 aliphatic rings. The average molecular weight is 209 g/mol. The van der Waals surface area contributed by atoms with Crippen LogP contribution in [0.15, 0.2) is 15.6 Å². The summed E-state index contributed by atoms with van der Waals surface area (Å²) >= 11 is 4.81. The fourth-order valence-corrected chi connectivity index (χ4v) is 1.54. The fourth-order valence-electron chi connectivity index (χ4n) is 1.41. The number of amidine groups is 1. The second-order valence-electron chi connectivity index (χ2n) is 3.17. The summed E-state index contributed by atoms with van der Waals surface area (Å²) in [5, 5.41) is 8.86. The van der Waals surface area contributed by atoms with Gasteiger partial charge in [-0.2, -0.15) is 5.10 Å². The number of aryl methyl sites for hydroxylation is 2. The quantitative estimate of drug-likeness (QED) is 0.715. The third kappa shape index (κ3) is 1.50. The summed E-state index contributed by atoms with van der Waals surface area (Å²) in [5.41, 5.74) is 3.85. The highest BCUT2D eigenvalue weighted by atomic mass is 32.1. The highest BCUT2D eigenvalue weighted by molar-refractivity contribution is 7.79. The first-order valence-corrected chi connectivity index (χ1v) is 4.80. The zero-order valence-electron chi connectivity index (χ0n) is 8.00. The lowest BCUT2D eigenvalue weighted by atomic mass is 10.2. The van der Waals surface area contributed by atoms with Gasteiger partial charge < -0.3 is 9.73 Å². The molecule has 0 amide bonds. The zero-order valence-corrected chi connectivity index (χ0v) is 8.81. The van der Waals surface area contributed by atoms with Crippen LogP contribution in [0, 0.1) is 13.8 Å². The number of hydrazone groups is 1. The van der Waals surface area contributed by atoms with Gasteiger partial charge in [0.05, 0.1) is 5.56 Å². The molecule has 0 saturated carbocycles. The van der Waals surface area contributed by atoms with Gasteiger partial charge in [-0.15, -0.1) is 0 Å². The number of hydrogen-bond donors (Lipinski definition) is 2. The van der Waals surface area contributed by atoms with Gasteiger partial charge in [0.2, 0.25) is 0 Å². The molecule has 1 atom stereocenters. The molecule has 0 radical (unpaired) electrons. The Morgan fingerprint density at radius 2 is 2.36 bits per heavy atom. The molecule has 74 valence electrons. The van der Waals surface area contributed by atoms with Crippen molar-refractivity contribution in [2.24, 2.45) is 5.10 Å². The van der Waals surface area contributed by atoms with Crippen LogP contribution in [0.1, 0.15) is 17.1 Å². The first-order valence-electron chi connectivity index (χ1n) is 4.33. The van der Waals surface area contributed by atoms with Crippen LogP contribution < -0.4 is 10.7 Å². The van der Waals surface area contributed by atoms with Crippen LogP contribution in [-0.4, -0.2) is 17.4 Å². The van der Waals surface area contributed by atoms with Gasteiger partial charge in [0.15, 0.2) is 5.84 Å². The van der Waals surface area contributed by atoms with Gasteiger partial charge in [-0.1, -0.05) is 12.2 Å². The largest absolute Gasteiger partial charge is 0.466 e. The molecule has 14 heavy (non-hydrogen) atoms. The lowest BCUT2D eigenvalue weighted by Gasteiger charge is -2.03. The Bertz CT molecular complexity index is 397. The minimum absolute atomic E-state index is 0.0605. The number of furan rings is 1. The smallest absolute Gasteiger partial charge is 0.158 e. The van der Waals surface area contributed by atoms with E-state index in [4.69, 9.17) is 16.6 Å². The summed E-state index contributed by atoms with van der Waals surface area (Å²) in [7, 11) is 0. The Kier molecular flexibility index (Phi) is 2.25. The van der Waals surface area contributed by atoms with Gasteiger partial charge in [-0.05, 0) is 19.9 Å². The van der Waals surface area contributed by atoms with Crippen LogP contribution in [0.4, 0.5) is 0 Å². The van der Waals surface area contributed by atoms with E-state index in [1.165, 1.54) is 0 Å². The molecule has 0 spiro atoms. The van der Waals surface area contributed by atoms with Crippen LogP contribution in [0.2, 0.25) is 0 Å². The van der Waals surface area contributed by atoms with E-state index < -0.39 is 0 Å². The molecule has 5 heteroatoms. The van der Waals surface area contributed by atoms with Gasteiger partial charge in [0.1, 0.15) is 17.7 Å². The monoisotopic (exact) mass is 209 g/mol. The van der Waals surface area contributed by atoms with Gasteiger partial charge >= 0.3 is 0 Å². The van der Waals surface area contributed by atoms with Gasteiger partial charge in [-0.3, -0.25) is 5.43 Å². The van der Waals surface area contributed by atoms with E-state index in [1.807, 2.05) is 19.9 Å². The van der Waals surface area contributed by atoms with Crippen LogP contribution in [-0.2, 0) is 0 Å². The minimum atomic E-state index is -0.0605. The molecule has 1 aliphatic heterocycles. The van der Waals surface area contributed by atoms with Crippen molar-refractivity contribution < 1.29 is 4.42 Å². The van der Waals surface area contributed by atoms with Gasteiger partial charge in [0.25, 0.3) is 0 Å².